The minimum absolute atomic E-state index is 0. The van der Waals surface area contributed by atoms with E-state index < -0.39 is 32.3 Å². The van der Waals surface area contributed by atoms with E-state index in [0.717, 1.165) is 0 Å². The van der Waals surface area contributed by atoms with Gasteiger partial charge in [0, 0.05) is 0 Å². The van der Waals surface area contributed by atoms with Gasteiger partial charge in [0.15, 0.2) is 0 Å². The average molecular weight is 538 g/mol. The second-order valence-corrected chi connectivity index (χ2v) is 33.4. The third-order valence-electron chi connectivity index (χ3n) is 5.18. The zero-order valence-electron chi connectivity index (χ0n) is 21.4. The molecule has 0 atom stereocenters. The Morgan fingerprint density at radius 1 is 0.517 bits per heavy atom. The summed E-state index contributed by atoms with van der Waals surface area (Å²) in [4.78, 5) is 0. The molecule has 0 N–H and O–H groups in total. The average Bonchev–Trinajstić information content (AvgIpc) is 3.06. The van der Waals surface area contributed by atoms with Gasteiger partial charge in [0.25, 0.3) is 0 Å². The first-order valence-corrected chi connectivity index (χ1v) is 24.9. The van der Waals surface area contributed by atoms with Crippen LogP contribution in [0.3, 0.4) is 0 Å². The molecular formula is C24H46Si4Zr. The summed E-state index contributed by atoms with van der Waals surface area (Å²) < 4.78 is 0. The zero-order valence-corrected chi connectivity index (χ0v) is 27.8. The Morgan fingerprint density at radius 2 is 0.759 bits per heavy atom. The van der Waals surface area contributed by atoms with Crippen molar-refractivity contribution in [3.63, 3.8) is 0 Å². The summed E-state index contributed by atoms with van der Waals surface area (Å²) in [6.07, 6.45) is 16.1. The molecule has 0 heterocycles. The van der Waals surface area contributed by atoms with Crippen molar-refractivity contribution in [1.29, 1.82) is 0 Å². The molecule has 2 aliphatic rings. The Bertz CT molecular complexity index is 558. The first-order chi connectivity index (χ1) is 12.5. The van der Waals surface area contributed by atoms with Crippen LogP contribution >= 0.6 is 0 Å². The normalized spacial score (nSPS) is 16.6. The molecule has 0 aromatic rings. The van der Waals surface area contributed by atoms with Crippen molar-refractivity contribution in [2.75, 3.05) is 0 Å². The van der Waals surface area contributed by atoms with Crippen molar-refractivity contribution in [1.82, 2.24) is 0 Å². The molecule has 29 heavy (non-hydrogen) atoms. The molecule has 5 heteroatoms. The second kappa shape index (κ2) is 10.9. The van der Waals surface area contributed by atoms with E-state index in [1.807, 2.05) is 10.3 Å². The van der Waals surface area contributed by atoms with Crippen molar-refractivity contribution in [2.45, 2.75) is 91.4 Å². The van der Waals surface area contributed by atoms with Gasteiger partial charge in [-0.1, -0.05) is 78.6 Å². The fraction of sp³-hybridized carbons (Fsp3) is 0.583. The number of hydrogen-bond donors (Lipinski definition) is 0. The van der Waals surface area contributed by atoms with Crippen LogP contribution in [0.5, 0.6) is 0 Å². The predicted molar refractivity (Wildman–Crippen MR) is 144 cm³/mol. The summed E-state index contributed by atoms with van der Waals surface area (Å²) >= 11 is 0. The first kappa shape index (κ1) is 29.5. The molecule has 0 aliphatic heterocycles. The molecule has 0 nitrogen and oxygen atoms in total. The molecule has 2 aliphatic carbocycles. The van der Waals surface area contributed by atoms with Crippen LogP contribution in [-0.2, 0) is 26.2 Å². The van der Waals surface area contributed by atoms with Gasteiger partial charge in [-0.2, -0.15) is 0 Å². The van der Waals surface area contributed by atoms with E-state index >= 15 is 0 Å². The van der Waals surface area contributed by atoms with Crippen LogP contribution in [0.25, 0.3) is 0 Å². The van der Waals surface area contributed by atoms with E-state index in [0.29, 0.717) is 0 Å². The topological polar surface area (TPSA) is 0 Å². The molecule has 0 saturated carbocycles. The van der Waals surface area contributed by atoms with E-state index in [9.17, 15) is 0 Å². The third-order valence-corrected chi connectivity index (χ3v) is 21.5. The Labute approximate surface area is 206 Å². The van der Waals surface area contributed by atoms with E-state index in [1.165, 1.54) is 12.8 Å². The summed E-state index contributed by atoms with van der Waals surface area (Å²) in [6, 6.07) is 0. The van der Waals surface area contributed by atoms with Gasteiger partial charge in [0.1, 0.15) is 0 Å². The Hall–Kier alpha value is 0.451. The van der Waals surface area contributed by atoms with Gasteiger partial charge in [-0.25, -0.2) is 33.6 Å². The van der Waals surface area contributed by atoms with Crippen molar-refractivity contribution in [3.05, 3.63) is 57.9 Å². The summed E-state index contributed by atoms with van der Waals surface area (Å²) in [5.74, 6) is 0. The predicted octanol–water partition coefficient (Wildman–Crippen LogP) is 8.40. The Morgan fingerprint density at radius 3 is 0.897 bits per heavy atom. The maximum atomic E-state index is 2.49. The zero-order chi connectivity index (χ0) is 22.0. The van der Waals surface area contributed by atoms with Crippen LogP contribution in [0.4, 0.5) is 0 Å². The van der Waals surface area contributed by atoms with Crippen molar-refractivity contribution >= 4 is 32.3 Å². The quantitative estimate of drug-likeness (QED) is 0.236. The molecule has 0 fully saturated rings. The molecule has 162 valence electrons. The van der Waals surface area contributed by atoms with Crippen LogP contribution in [0, 0.1) is 10.3 Å². The first-order valence-electron chi connectivity index (χ1n) is 10.9. The van der Waals surface area contributed by atoms with E-state index in [1.54, 1.807) is 11.1 Å². The Kier molecular flexibility index (Phi) is 11.0. The molecule has 0 bridgehead atoms. The van der Waals surface area contributed by atoms with Gasteiger partial charge >= 0.3 is 26.2 Å². The molecular weight excluding hydrogens is 492 g/mol. The summed E-state index contributed by atoms with van der Waals surface area (Å²) in [7, 11) is -4.47. The SMILES string of the molecule is C[Si](C)(C)[C-](C1=CC=CC1)[Si](C)(C)C.C[Si](C)(C)[C-](C1=CC=CC1)[Si](C)(C)C.[Zr+2]. The maximum Gasteiger partial charge on any atom is 2.00 e. The van der Waals surface area contributed by atoms with E-state index in [4.69, 9.17) is 0 Å². The van der Waals surface area contributed by atoms with Gasteiger partial charge in [0.2, 0.25) is 0 Å². The molecule has 0 unspecified atom stereocenters. The summed E-state index contributed by atoms with van der Waals surface area (Å²) in [5.41, 5.74) is 3.28. The van der Waals surface area contributed by atoms with Gasteiger partial charge in [-0.05, 0) is 45.1 Å². The second-order valence-electron chi connectivity index (χ2n) is 12.4. The van der Waals surface area contributed by atoms with E-state index in [-0.39, 0.29) is 26.2 Å². The van der Waals surface area contributed by atoms with Crippen molar-refractivity contribution in [3.8, 4) is 0 Å². The number of hydrogen-bond acceptors (Lipinski definition) is 0. The van der Waals surface area contributed by atoms with Crippen LogP contribution in [-0.4, -0.2) is 32.3 Å². The van der Waals surface area contributed by atoms with E-state index in [2.05, 4.69) is 115 Å². The maximum absolute atomic E-state index is 2.49. The van der Waals surface area contributed by atoms with Gasteiger partial charge in [-0.3, -0.25) is 0 Å². The van der Waals surface area contributed by atoms with Crippen molar-refractivity contribution in [2.24, 2.45) is 0 Å². The van der Waals surface area contributed by atoms with Crippen LogP contribution < -0.4 is 0 Å². The molecule has 0 aromatic heterocycles. The van der Waals surface area contributed by atoms with Crippen LogP contribution in [0.15, 0.2) is 47.6 Å². The molecule has 0 amide bonds. The van der Waals surface area contributed by atoms with Crippen LogP contribution in [0.2, 0.25) is 78.6 Å². The Balaban J connectivity index is 0.000000523. The largest absolute Gasteiger partial charge is 2.00 e. The summed E-state index contributed by atoms with van der Waals surface area (Å²) in [5, 5.41) is 3.74. The minimum atomic E-state index is -1.12. The van der Waals surface area contributed by atoms with Gasteiger partial charge in [-0.15, -0.1) is 24.3 Å². The van der Waals surface area contributed by atoms with Crippen LogP contribution in [0.1, 0.15) is 12.8 Å². The fourth-order valence-corrected chi connectivity index (χ4v) is 28.0. The standard InChI is InChI=1S/2C12H23Si2.Zr/c2*1-13(2,3)12(14(4,5)6)11-9-7-8-10-11;/h2*7-9H,10H2,1-6H3;/q2*-1;+2. The van der Waals surface area contributed by atoms with Crippen molar-refractivity contribution < 1.29 is 26.2 Å². The van der Waals surface area contributed by atoms with Gasteiger partial charge in [0.05, 0.1) is 0 Å². The number of rotatable bonds is 6. The minimum Gasteiger partial charge on any atom is -0.217 e. The fourth-order valence-electron chi connectivity index (χ4n) is 5.44. The third kappa shape index (κ3) is 9.23. The molecule has 2 rings (SSSR count). The smallest absolute Gasteiger partial charge is 0.217 e. The molecule has 0 spiro atoms. The monoisotopic (exact) mass is 536 g/mol. The van der Waals surface area contributed by atoms with Gasteiger partial charge < -0.3 is 0 Å². The number of allylic oxidation sites excluding steroid dienone is 8. The molecule has 0 saturated heterocycles. The summed E-state index contributed by atoms with van der Waals surface area (Å²) in [6.45, 7) is 29.8. The molecule has 0 aromatic carbocycles. The molecule has 0 radical (unpaired) electrons.